The van der Waals surface area contributed by atoms with Crippen LogP contribution in [0.15, 0.2) is 41.3 Å². The summed E-state index contributed by atoms with van der Waals surface area (Å²) in [5.41, 5.74) is 2.94. The van der Waals surface area contributed by atoms with Crippen molar-refractivity contribution in [1.82, 2.24) is 9.29 Å². The Kier molecular flexibility index (Phi) is 6.90. The van der Waals surface area contributed by atoms with Crippen molar-refractivity contribution in [3.8, 4) is 11.3 Å². The second-order valence-corrected chi connectivity index (χ2v) is 9.59. The molecule has 1 aliphatic rings. The van der Waals surface area contributed by atoms with Crippen LogP contribution in [-0.2, 0) is 32.4 Å². The number of carboxylic acids is 1. The van der Waals surface area contributed by atoms with Crippen LogP contribution < -0.4 is 0 Å². The van der Waals surface area contributed by atoms with Gasteiger partial charge in [-0.05, 0) is 42.7 Å². The van der Waals surface area contributed by atoms with E-state index in [1.807, 2.05) is 38.1 Å². The second-order valence-electron chi connectivity index (χ2n) is 7.58. The van der Waals surface area contributed by atoms with Crippen LogP contribution >= 0.6 is 0 Å². The van der Waals surface area contributed by atoms with Gasteiger partial charge in [0.05, 0.1) is 29.2 Å². The van der Waals surface area contributed by atoms with Crippen molar-refractivity contribution >= 4 is 16.0 Å². The van der Waals surface area contributed by atoms with Gasteiger partial charge in [0.25, 0.3) is 0 Å². The minimum absolute atomic E-state index is 0.0150. The Balaban J connectivity index is 1.89. The minimum Gasteiger partial charge on any atom is -0.481 e. The molecular formula is C22H28N2O5S. The van der Waals surface area contributed by atoms with E-state index in [-0.39, 0.29) is 6.10 Å². The first-order valence-electron chi connectivity index (χ1n) is 10.2. The van der Waals surface area contributed by atoms with Gasteiger partial charge in [0, 0.05) is 31.3 Å². The van der Waals surface area contributed by atoms with Gasteiger partial charge < -0.3 is 9.84 Å². The van der Waals surface area contributed by atoms with E-state index in [9.17, 15) is 18.3 Å². The summed E-state index contributed by atoms with van der Waals surface area (Å²) < 4.78 is 32.5. The molecule has 1 aromatic carbocycles. The Morgan fingerprint density at radius 2 is 2.03 bits per heavy atom. The van der Waals surface area contributed by atoms with E-state index in [1.165, 1.54) is 4.31 Å². The van der Waals surface area contributed by atoms with Crippen molar-refractivity contribution < 1.29 is 23.1 Å². The molecule has 0 spiro atoms. The number of carboxylic acid groups (broad SMARTS) is 1. The molecule has 2 aromatic rings. The third-order valence-electron chi connectivity index (χ3n) is 5.39. The first-order chi connectivity index (χ1) is 14.3. The summed E-state index contributed by atoms with van der Waals surface area (Å²) in [5.74, 6) is -1.30. The zero-order valence-corrected chi connectivity index (χ0v) is 18.4. The lowest BCUT2D eigenvalue weighted by molar-refractivity contribution is -0.141. The SMILES string of the molecule is CCc1cc(-c2cccc(C[C@H](CC)C(=O)O)n2)ccc1S(=O)(=O)N(C)CC1CO1. The van der Waals surface area contributed by atoms with Crippen LogP contribution in [0.3, 0.4) is 0 Å². The number of pyridine rings is 1. The minimum atomic E-state index is -3.61. The van der Waals surface area contributed by atoms with Crippen LogP contribution in [0, 0.1) is 5.92 Å². The maximum atomic E-state index is 13.0. The average molecular weight is 433 g/mol. The van der Waals surface area contributed by atoms with Crippen LogP contribution in [0.1, 0.15) is 31.5 Å². The second kappa shape index (κ2) is 9.24. The summed E-state index contributed by atoms with van der Waals surface area (Å²) in [6.45, 7) is 4.72. The van der Waals surface area contributed by atoms with Gasteiger partial charge in [-0.1, -0.05) is 26.0 Å². The lowest BCUT2D eigenvalue weighted by Gasteiger charge is -2.19. The maximum Gasteiger partial charge on any atom is 0.306 e. The van der Waals surface area contributed by atoms with Crippen molar-refractivity contribution in [3.63, 3.8) is 0 Å². The van der Waals surface area contributed by atoms with Crippen molar-refractivity contribution in [1.29, 1.82) is 0 Å². The highest BCUT2D eigenvalue weighted by Gasteiger charge is 2.31. The summed E-state index contributed by atoms with van der Waals surface area (Å²) in [7, 11) is -2.03. The molecule has 1 unspecified atom stereocenters. The molecule has 1 N–H and O–H groups in total. The van der Waals surface area contributed by atoms with Gasteiger partial charge in [-0.25, -0.2) is 8.42 Å². The van der Waals surface area contributed by atoms with Gasteiger partial charge in [0.1, 0.15) is 0 Å². The predicted octanol–water partition coefficient (Wildman–Crippen LogP) is 2.98. The van der Waals surface area contributed by atoms with Crippen LogP contribution in [-0.4, -0.2) is 55.1 Å². The summed E-state index contributed by atoms with van der Waals surface area (Å²) in [4.78, 5) is 16.3. The number of hydrogen-bond donors (Lipinski definition) is 1. The number of epoxide rings is 1. The first kappa shape index (κ1) is 22.4. The number of rotatable bonds is 10. The standard InChI is InChI=1S/C22H28N2O5S/c1-4-15-11-17(9-10-21(15)30(27,28)24(3)13-19-14-29-19)20-8-6-7-18(23-20)12-16(5-2)22(25)26/h6-11,16,19H,4-5,12-14H2,1-3H3,(H,25,26)/t16-,19?/m0/s1. The highest BCUT2D eigenvalue weighted by molar-refractivity contribution is 7.89. The molecule has 3 rings (SSSR count). The topological polar surface area (TPSA) is 100 Å². The molecular weight excluding hydrogens is 404 g/mol. The third-order valence-corrected chi connectivity index (χ3v) is 7.32. The van der Waals surface area contributed by atoms with Crippen molar-refractivity contribution in [2.24, 2.45) is 5.92 Å². The number of carbonyl (C=O) groups is 1. The lowest BCUT2D eigenvalue weighted by Crippen LogP contribution is -2.31. The number of benzene rings is 1. The van der Waals surface area contributed by atoms with E-state index in [4.69, 9.17) is 4.74 Å². The zero-order valence-electron chi connectivity index (χ0n) is 17.5. The highest BCUT2D eigenvalue weighted by atomic mass is 32.2. The largest absolute Gasteiger partial charge is 0.481 e. The number of nitrogens with zero attached hydrogens (tertiary/aromatic N) is 2. The molecule has 2 atom stereocenters. The summed E-state index contributed by atoms with van der Waals surface area (Å²) in [5, 5.41) is 9.30. The van der Waals surface area contributed by atoms with Crippen LogP contribution in [0.5, 0.6) is 0 Å². The molecule has 1 aliphatic heterocycles. The Labute approximate surface area is 177 Å². The maximum absolute atomic E-state index is 13.0. The van der Waals surface area contributed by atoms with Gasteiger partial charge in [-0.2, -0.15) is 4.31 Å². The fourth-order valence-corrected chi connectivity index (χ4v) is 4.88. The highest BCUT2D eigenvalue weighted by Crippen LogP contribution is 2.27. The van der Waals surface area contributed by atoms with Crippen LogP contribution in [0.4, 0.5) is 0 Å². The normalized spacial score (nSPS) is 17.1. The predicted molar refractivity (Wildman–Crippen MR) is 114 cm³/mol. The molecule has 8 heteroatoms. The fourth-order valence-electron chi connectivity index (χ4n) is 3.41. The number of aromatic nitrogens is 1. The quantitative estimate of drug-likeness (QED) is 0.580. The van der Waals surface area contributed by atoms with Crippen molar-refractivity contribution in [2.75, 3.05) is 20.2 Å². The number of aliphatic carboxylic acids is 1. The molecule has 0 radical (unpaired) electrons. The van der Waals surface area contributed by atoms with Crippen LogP contribution in [0.25, 0.3) is 11.3 Å². The molecule has 7 nitrogen and oxygen atoms in total. The summed E-state index contributed by atoms with van der Waals surface area (Å²) in [6, 6.07) is 10.8. The van der Waals surface area contributed by atoms with E-state index in [0.29, 0.717) is 48.7 Å². The van der Waals surface area contributed by atoms with Gasteiger partial charge in [0.15, 0.2) is 0 Å². The number of likely N-dealkylation sites (N-methyl/N-ethyl adjacent to an activating group) is 1. The zero-order chi connectivity index (χ0) is 21.9. The van der Waals surface area contributed by atoms with E-state index in [2.05, 4.69) is 4.98 Å². The van der Waals surface area contributed by atoms with Crippen LogP contribution in [0.2, 0.25) is 0 Å². The Morgan fingerprint density at radius 3 is 2.63 bits per heavy atom. The third kappa shape index (κ3) is 5.06. The van der Waals surface area contributed by atoms with Gasteiger partial charge in [0.2, 0.25) is 10.0 Å². The van der Waals surface area contributed by atoms with Crippen molar-refractivity contribution in [2.45, 2.75) is 44.1 Å². The molecule has 1 saturated heterocycles. The Hall–Kier alpha value is -2.29. The van der Waals surface area contributed by atoms with Gasteiger partial charge in [-0.15, -0.1) is 0 Å². The number of aryl methyl sites for hydroxylation is 1. The molecule has 1 fully saturated rings. The summed E-state index contributed by atoms with van der Waals surface area (Å²) >= 11 is 0. The first-order valence-corrected chi connectivity index (χ1v) is 11.6. The molecule has 0 amide bonds. The van der Waals surface area contributed by atoms with E-state index in [1.54, 1.807) is 19.2 Å². The van der Waals surface area contributed by atoms with E-state index < -0.39 is 21.9 Å². The molecule has 1 aromatic heterocycles. The van der Waals surface area contributed by atoms with Crippen molar-refractivity contribution in [3.05, 3.63) is 47.7 Å². The lowest BCUT2D eigenvalue weighted by atomic mass is 9.99. The molecule has 162 valence electrons. The fraction of sp³-hybridized carbons (Fsp3) is 0.455. The molecule has 0 aliphatic carbocycles. The Bertz CT molecular complexity index is 1020. The monoisotopic (exact) mass is 432 g/mol. The molecule has 0 bridgehead atoms. The van der Waals surface area contributed by atoms with Gasteiger partial charge >= 0.3 is 5.97 Å². The average Bonchev–Trinajstić information content (AvgIpc) is 3.55. The summed E-state index contributed by atoms with van der Waals surface area (Å²) in [6.07, 6.45) is 1.44. The number of sulfonamides is 1. The number of hydrogen-bond acceptors (Lipinski definition) is 5. The van der Waals surface area contributed by atoms with E-state index in [0.717, 1.165) is 11.1 Å². The smallest absolute Gasteiger partial charge is 0.306 e. The number of ether oxygens (including phenoxy) is 1. The van der Waals surface area contributed by atoms with E-state index >= 15 is 0 Å². The molecule has 30 heavy (non-hydrogen) atoms. The van der Waals surface area contributed by atoms with Gasteiger partial charge in [-0.3, -0.25) is 9.78 Å². The molecule has 2 heterocycles. The molecule has 0 saturated carbocycles. The Morgan fingerprint density at radius 1 is 1.30 bits per heavy atom.